The molecular formula is C14H21N3OS2. The van der Waals surface area contributed by atoms with Crippen molar-refractivity contribution in [1.82, 2.24) is 9.88 Å². The van der Waals surface area contributed by atoms with Crippen LogP contribution >= 0.6 is 23.6 Å². The van der Waals surface area contributed by atoms with Gasteiger partial charge in [-0.2, -0.15) is 0 Å². The Bertz CT molecular complexity index is 506. The summed E-state index contributed by atoms with van der Waals surface area (Å²) in [7, 11) is 1.83. The Labute approximate surface area is 129 Å². The maximum Gasteiger partial charge on any atom is 0.235 e. The van der Waals surface area contributed by atoms with E-state index in [4.69, 9.17) is 18.0 Å². The number of rotatable bonds is 4. The molecule has 1 aliphatic rings. The van der Waals surface area contributed by atoms with Gasteiger partial charge in [0, 0.05) is 11.9 Å². The maximum absolute atomic E-state index is 12.8. The molecule has 0 unspecified atom stereocenters. The van der Waals surface area contributed by atoms with Gasteiger partial charge in [0.1, 0.15) is 0 Å². The van der Waals surface area contributed by atoms with Crippen LogP contribution in [0.1, 0.15) is 42.7 Å². The number of thiazole rings is 1. The summed E-state index contributed by atoms with van der Waals surface area (Å²) in [4.78, 5) is 20.3. The molecule has 1 heterocycles. The first-order chi connectivity index (χ1) is 9.47. The standard InChI is InChI=1S/C14H21N3OS2/c1-10-11(20-9-16-10)8-17(2)13(18)14(12(15)19)6-4-3-5-7-14/h9H,3-8H2,1-2H3,(H2,15,19). The Morgan fingerprint density at radius 2 is 2.15 bits per heavy atom. The molecule has 1 saturated carbocycles. The number of amides is 1. The predicted molar refractivity (Wildman–Crippen MR) is 85.6 cm³/mol. The third-order valence-corrected chi connectivity index (χ3v) is 5.47. The van der Waals surface area contributed by atoms with E-state index < -0.39 is 5.41 Å². The molecule has 0 aliphatic heterocycles. The van der Waals surface area contributed by atoms with Crippen molar-refractivity contribution >= 4 is 34.5 Å². The van der Waals surface area contributed by atoms with Gasteiger partial charge in [0.2, 0.25) is 5.91 Å². The van der Waals surface area contributed by atoms with Crippen LogP contribution in [0.25, 0.3) is 0 Å². The van der Waals surface area contributed by atoms with E-state index in [-0.39, 0.29) is 5.91 Å². The van der Waals surface area contributed by atoms with Crippen LogP contribution in [0.15, 0.2) is 5.51 Å². The molecule has 6 heteroatoms. The molecule has 110 valence electrons. The van der Waals surface area contributed by atoms with Gasteiger partial charge in [0.25, 0.3) is 0 Å². The second-order valence-corrected chi connectivity index (χ2v) is 6.91. The van der Waals surface area contributed by atoms with E-state index in [2.05, 4.69) is 4.98 Å². The fourth-order valence-corrected chi connectivity index (χ4v) is 3.97. The summed E-state index contributed by atoms with van der Waals surface area (Å²) in [6.07, 6.45) is 4.78. The van der Waals surface area contributed by atoms with Crippen LogP contribution in [0, 0.1) is 12.3 Å². The summed E-state index contributed by atoms with van der Waals surface area (Å²) in [6.45, 7) is 2.55. The van der Waals surface area contributed by atoms with Gasteiger partial charge < -0.3 is 10.6 Å². The lowest BCUT2D eigenvalue weighted by atomic mass is 9.73. The average Bonchev–Trinajstić information content (AvgIpc) is 2.84. The summed E-state index contributed by atoms with van der Waals surface area (Å²) in [5.41, 5.74) is 8.10. The van der Waals surface area contributed by atoms with Crippen molar-refractivity contribution in [2.24, 2.45) is 11.1 Å². The van der Waals surface area contributed by atoms with Gasteiger partial charge in [0.15, 0.2) is 0 Å². The molecule has 1 aromatic rings. The number of hydrogen-bond donors (Lipinski definition) is 1. The maximum atomic E-state index is 12.8. The van der Waals surface area contributed by atoms with Gasteiger partial charge in [-0.25, -0.2) is 4.98 Å². The van der Waals surface area contributed by atoms with Gasteiger partial charge in [0.05, 0.1) is 28.2 Å². The molecule has 1 aromatic heterocycles. The minimum atomic E-state index is -0.624. The summed E-state index contributed by atoms with van der Waals surface area (Å²) in [6, 6.07) is 0. The first-order valence-electron chi connectivity index (χ1n) is 6.92. The van der Waals surface area contributed by atoms with E-state index in [1.54, 1.807) is 16.2 Å². The van der Waals surface area contributed by atoms with E-state index in [0.717, 1.165) is 42.7 Å². The van der Waals surface area contributed by atoms with Crippen LogP contribution in [0.4, 0.5) is 0 Å². The van der Waals surface area contributed by atoms with Crippen molar-refractivity contribution < 1.29 is 4.79 Å². The number of aromatic nitrogens is 1. The minimum Gasteiger partial charge on any atom is -0.392 e. The Balaban J connectivity index is 2.15. The lowest BCUT2D eigenvalue weighted by molar-refractivity contribution is -0.138. The van der Waals surface area contributed by atoms with Crippen molar-refractivity contribution in [3.05, 3.63) is 16.1 Å². The largest absolute Gasteiger partial charge is 0.392 e. The van der Waals surface area contributed by atoms with Gasteiger partial charge in [-0.3, -0.25) is 4.79 Å². The molecule has 0 aromatic carbocycles. The fraction of sp³-hybridized carbons (Fsp3) is 0.643. The predicted octanol–water partition coefficient (Wildman–Crippen LogP) is 2.65. The SMILES string of the molecule is Cc1ncsc1CN(C)C(=O)C1(C(N)=S)CCCCC1. The highest BCUT2D eigenvalue weighted by molar-refractivity contribution is 7.80. The zero-order valence-electron chi connectivity index (χ0n) is 12.0. The molecular weight excluding hydrogens is 290 g/mol. The Morgan fingerprint density at radius 3 is 2.65 bits per heavy atom. The van der Waals surface area contributed by atoms with Crippen LogP contribution < -0.4 is 5.73 Å². The van der Waals surface area contributed by atoms with E-state index in [0.29, 0.717) is 11.5 Å². The topological polar surface area (TPSA) is 59.2 Å². The van der Waals surface area contributed by atoms with Crippen molar-refractivity contribution in [2.75, 3.05) is 7.05 Å². The summed E-state index contributed by atoms with van der Waals surface area (Å²) >= 11 is 6.80. The average molecular weight is 311 g/mol. The monoisotopic (exact) mass is 311 g/mol. The molecule has 4 nitrogen and oxygen atoms in total. The number of carbonyl (C=O) groups excluding carboxylic acids is 1. The van der Waals surface area contributed by atoms with Crippen LogP contribution in [-0.4, -0.2) is 27.8 Å². The zero-order chi connectivity index (χ0) is 14.8. The molecule has 0 saturated heterocycles. The summed E-state index contributed by atoms with van der Waals surface area (Å²) in [5.74, 6) is 0.0671. The quantitative estimate of drug-likeness (QED) is 0.869. The molecule has 1 amide bonds. The van der Waals surface area contributed by atoms with Crippen molar-refractivity contribution in [2.45, 2.75) is 45.6 Å². The molecule has 2 N–H and O–H groups in total. The minimum absolute atomic E-state index is 0.0671. The zero-order valence-corrected chi connectivity index (χ0v) is 13.6. The highest BCUT2D eigenvalue weighted by atomic mass is 32.1. The first-order valence-corrected chi connectivity index (χ1v) is 8.20. The normalized spacial score (nSPS) is 17.7. The van der Waals surface area contributed by atoms with Crippen molar-refractivity contribution in [3.8, 4) is 0 Å². The molecule has 2 rings (SSSR count). The number of nitrogens with two attached hydrogens (primary N) is 1. The van der Waals surface area contributed by atoms with E-state index >= 15 is 0 Å². The second kappa shape index (κ2) is 6.18. The Hall–Kier alpha value is -1.01. The van der Waals surface area contributed by atoms with Gasteiger partial charge in [-0.1, -0.05) is 31.5 Å². The number of nitrogens with zero attached hydrogens (tertiary/aromatic N) is 2. The number of aryl methyl sites for hydroxylation is 1. The number of thiocarbonyl (C=S) groups is 1. The van der Waals surface area contributed by atoms with E-state index in [9.17, 15) is 4.79 Å². The Kier molecular flexibility index (Phi) is 4.75. The van der Waals surface area contributed by atoms with Crippen molar-refractivity contribution in [3.63, 3.8) is 0 Å². The lowest BCUT2D eigenvalue weighted by Gasteiger charge is -2.37. The molecule has 20 heavy (non-hydrogen) atoms. The Morgan fingerprint density at radius 1 is 1.50 bits per heavy atom. The van der Waals surface area contributed by atoms with Crippen molar-refractivity contribution in [1.29, 1.82) is 0 Å². The molecule has 0 spiro atoms. The number of hydrogen-bond acceptors (Lipinski definition) is 4. The highest BCUT2D eigenvalue weighted by Crippen LogP contribution is 2.38. The third-order valence-electron chi connectivity index (χ3n) is 4.16. The molecule has 0 atom stereocenters. The first kappa shape index (κ1) is 15.4. The van der Waals surface area contributed by atoms with Gasteiger partial charge >= 0.3 is 0 Å². The van der Waals surface area contributed by atoms with Gasteiger partial charge in [-0.05, 0) is 19.8 Å². The van der Waals surface area contributed by atoms with Crippen LogP contribution in [0.2, 0.25) is 0 Å². The summed E-state index contributed by atoms with van der Waals surface area (Å²) in [5, 5.41) is 0. The second-order valence-electron chi connectivity index (χ2n) is 5.53. The lowest BCUT2D eigenvalue weighted by Crippen LogP contribution is -2.50. The van der Waals surface area contributed by atoms with Gasteiger partial charge in [-0.15, -0.1) is 11.3 Å². The molecule has 1 fully saturated rings. The number of carbonyl (C=O) groups is 1. The molecule has 1 aliphatic carbocycles. The van der Waals surface area contributed by atoms with Crippen LogP contribution in [-0.2, 0) is 11.3 Å². The smallest absolute Gasteiger partial charge is 0.235 e. The fourth-order valence-electron chi connectivity index (χ4n) is 2.85. The molecule has 0 bridgehead atoms. The van der Waals surface area contributed by atoms with Crippen LogP contribution in [0.3, 0.4) is 0 Å². The molecule has 0 radical (unpaired) electrons. The van der Waals surface area contributed by atoms with E-state index in [1.807, 2.05) is 19.5 Å². The van der Waals surface area contributed by atoms with E-state index in [1.165, 1.54) is 0 Å². The highest BCUT2D eigenvalue weighted by Gasteiger charge is 2.43. The third kappa shape index (κ3) is 2.86. The summed E-state index contributed by atoms with van der Waals surface area (Å²) < 4.78 is 0. The van der Waals surface area contributed by atoms with Crippen LogP contribution in [0.5, 0.6) is 0 Å².